The van der Waals surface area contributed by atoms with Crippen molar-refractivity contribution in [2.75, 3.05) is 31.5 Å². The molecular weight excluding hydrogens is 362 g/mol. The summed E-state index contributed by atoms with van der Waals surface area (Å²) < 4.78 is 5.49. The van der Waals surface area contributed by atoms with Crippen LogP contribution in [0.3, 0.4) is 0 Å². The quantitative estimate of drug-likeness (QED) is 0.439. The third-order valence-electron chi connectivity index (χ3n) is 5.28. The molecule has 0 bridgehead atoms. The van der Waals surface area contributed by atoms with Gasteiger partial charge in [-0.15, -0.1) is 0 Å². The Bertz CT molecular complexity index is 1050. The van der Waals surface area contributed by atoms with Gasteiger partial charge < -0.3 is 19.7 Å². The van der Waals surface area contributed by atoms with Crippen LogP contribution in [0.1, 0.15) is 25.3 Å². The summed E-state index contributed by atoms with van der Waals surface area (Å²) >= 11 is 0. The summed E-state index contributed by atoms with van der Waals surface area (Å²) in [7, 11) is 0. The van der Waals surface area contributed by atoms with E-state index in [4.69, 9.17) is 4.52 Å². The monoisotopic (exact) mass is 389 g/mol. The van der Waals surface area contributed by atoms with Crippen molar-refractivity contribution in [3.05, 3.63) is 66.2 Å². The van der Waals surface area contributed by atoms with Gasteiger partial charge in [-0.05, 0) is 49.0 Å². The van der Waals surface area contributed by atoms with Crippen LogP contribution in [-0.4, -0.2) is 46.2 Å². The summed E-state index contributed by atoms with van der Waals surface area (Å²) in [4.78, 5) is 10.3. The highest BCUT2D eigenvalue weighted by molar-refractivity contribution is 5.83. The van der Waals surface area contributed by atoms with Crippen molar-refractivity contribution in [2.24, 2.45) is 0 Å². The molecule has 2 heterocycles. The third kappa shape index (κ3) is 4.49. The minimum absolute atomic E-state index is 0.613. The van der Waals surface area contributed by atoms with Crippen LogP contribution in [-0.2, 0) is 6.42 Å². The smallest absolute Gasteiger partial charge is 0.231 e. The fourth-order valence-electron chi connectivity index (χ4n) is 3.52. The highest BCUT2D eigenvalue weighted by atomic mass is 16.5. The summed E-state index contributed by atoms with van der Waals surface area (Å²) in [5.74, 6) is 1.24. The largest absolute Gasteiger partial charge is 0.384 e. The van der Waals surface area contributed by atoms with E-state index in [0.717, 1.165) is 48.5 Å². The number of hydrogen-bond acceptors (Lipinski definition) is 5. The molecule has 0 aliphatic rings. The van der Waals surface area contributed by atoms with Crippen LogP contribution in [0.15, 0.2) is 59.3 Å². The predicted molar refractivity (Wildman–Crippen MR) is 117 cm³/mol. The van der Waals surface area contributed by atoms with Gasteiger partial charge in [0.1, 0.15) is 0 Å². The normalized spacial score (nSPS) is 11.4. The summed E-state index contributed by atoms with van der Waals surface area (Å²) in [5, 5.41) is 8.81. The van der Waals surface area contributed by atoms with Crippen LogP contribution in [0, 0.1) is 0 Å². The Balaban J connectivity index is 1.39. The summed E-state index contributed by atoms with van der Waals surface area (Å²) in [6, 6.07) is 16.4. The molecule has 0 aliphatic carbocycles. The molecule has 4 rings (SSSR count). The average Bonchev–Trinajstić information content (AvgIpc) is 3.40. The van der Waals surface area contributed by atoms with Gasteiger partial charge in [-0.1, -0.05) is 37.2 Å². The first-order valence-corrected chi connectivity index (χ1v) is 10.2. The molecule has 6 heteroatoms. The van der Waals surface area contributed by atoms with Crippen LogP contribution in [0.4, 0.5) is 5.69 Å². The van der Waals surface area contributed by atoms with E-state index in [9.17, 15) is 0 Å². The zero-order valence-corrected chi connectivity index (χ0v) is 17.0. The molecular formula is C23H27N5O. The maximum absolute atomic E-state index is 5.49. The van der Waals surface area contributed by atoms with E-state index >= 15 is 0 Å². The highest BCUT2D eigenvalue weighted by Gasteiger charge is 2.12. The van der Waals surface area contributed by atoms with Gasteiger partial charge >= 0.3 is 0 Å². The number of nitrogens with zero attached hydrogens (tertiary/aromatic N) is 3. The van der Waals surface area contributed by atoms with Crippen LogP contribution in [0.25, 0.3) is 22.3 Å². The van der Waals surface area contributed by atoms with Crippen LogP contribution in [0.2, 0.25) is 0 Å². The number of rotatable bonds is 9. The van der Waals surface area contributed by atoms with E-state index in [1.54, 1.807) is 0 Å². The van der Waals surface area contributed by atoms with Gasteiger partial charge in [-0.2, -0.15) is 4.98 Å². The minimum Gasteiger partial charge on any atom is -0.384 e. The molecule has 6 nitrogen and oxygen atoms in total. The molecule has 0 amide bonds. The molecule has 29 heavy (non-hydrogen) atoms. The summed E-state index contributed by atoms with van der Waals surface area (Å²) in [6.45, 7) is 8.51. The standard InChI is InChI=1S/C23H27N5O/c1-3-28(4-2)14-13-24-19-11-9-17(10-12-19)23-26-22(29-27-23)15-18-16-25-21-8-6-5-7-20(18)21/h5-12,16,24-25H,3-4,13-15H2,1-2H3. The maximum Gasteiger partial charge on any atom is 0.231 e. The second kappa shape index (κ2) is 8.92. The topological polar surface area (TPSA) is 70.0 Å². The molecule has 0 unspecified atom stereocenters. The van der Waals surface area contributed by atoms with E-state index in [0.29, 0.717) is 18.1 Å². The fourth-order valence-corrected chi connectivity index (χ4v) is 3.52. The highest BCUT2D eigenvalue weighted by Crippen LogP contribution is 2.22. The third-order valence-corrected chi connectivity index (χ3v) is 5.28. The molecule has 0 radical (unpaired) electrons. The van der Waals surface area contributed by atoms with Crippen molar-refractivity contribution in [2.45, 2.75) is 20.3 Å². The first kappa shape index (κ1) is 19.2. The van der Waals surface area contributed by atoms with Crippen molar-refractivity contribution in [1.29, 1.82) is 0 Å². The van der Waals surface area contributed by atoms with Gasteiger partial charge in [0.15, 0.2) is 0 Å². The first-order chi connectivity index (χ1) is 14.3. The van der Waals surface area contributed by atoms with Crippen molar-refractivity contribution < 1.29 is 4.52 Å². The number of aromatic nitrogens is 3. The lowest BCUT2D eigenvalue weighted by Crippen LogP contribution is -2.28. The lowest BCUT2D eigenvalue weighted by Gasteiger charge is -2.18. The lowest BCUT2D eigenvalue weighted by atomic mass is 10.1. The number of benzene rings is 2. The second-order valence-corrected chi connectivity index (χ2v) is 7.08. The zero-order chi connectivity index (χ0) is 20.1. The van der Waals surface area contributed by atoms with Crippen molar-refractivity contribution in [3.63, 3.8) is 0 Å². The molecule has 0 saturated carbocycles. The molecule has 4 aromatic rings. The van der Waals surface area contributed by atoms with Crippen molar-refractivity contribution >= 4 is 16.6 Å². The number of para-hydroxylation sites is 1. The number of H-pyrrole nitrogens is 1. The van der Waals surface area contributed by atoms with Crippen LogP contribution >= 0.6 is 0 Å². The Kier molecular flexibility index (Phi) is 5.91. The van der Waals surface area contributed by atoms with Crippen LogP contribution < -0.4 is 5.32 Å². The van der Waals surface area contributed by atoms with E-state index in [2.05, 4.69) is 63.5 Å². The molecule has 0 aliphatic heterocycles. The average molecular weight is 390 g/mol. The Labute approximate surface area is 170 Å². The Morgan fingerprint density at radius 1 is 1.03 bits per heavy atom. The lowest BCUT2D eigenvalue weighted by molar-refractivity contribution is 0.316. The van der Waals surface area contributed by atoms with Gasteiger partial charge in [0.05, 0.1) is 6.42 Å². The van der Waals surface area contributed by atoms with Crippen LogP contribution in [0.5, 0.6) is 0 Å². The van der Waals surface area contributed by atoms with E-state index in [1.165, 1.54) is 5.39 Å². The zero-order valence-electron chi connectivity index (χ0n) is 17.0. The second-order valence-electron chi connectivity index (χ2n) is 7.08. The van der Waals surface area contributed by atoms with E-state index in [1.807, 2.05) is 30.5 Å². The minimum atomic E-state index is 0.613. The number of fused-ring (bicyclic) bond motifs is 1. The maximum atomic E-state index is 5.49. The summed E-state index contributed by atoms with van der Waals surface area (Å²) in [6.07, 6.45) is 2.62. The predicted octanol–water partition coefficient (Wildman–Crippen LogP) is 4.56. The van der Waals surface area contributed by atoms with Crippen molar-refractivity contribution in [3.8, 4) is 11.4 Å². The number of likely N-dealkylation sites (N-methyl/N-ethyl adjacent to an activating group) is 1. The van der Waals surface area contributed by atoms with Gasteiger partial charge in [0, 0.05) is 41.4 Å². The molecule has 150 valence electrons. The first-order valence-electron chi connectivity index (χ1n) is 10.2. The Morgan fingerprint density at radius 2 is 1.83 bits per heavy atom. The van der Waals surface area contributed by atoms with Gasteiger partial charge in [0.2, 0.25) is 11.7 Å². The Morgan fingerprint density at radius 3 is 2.62 bits per heavy atom. The summed E-state index contributed by atoms with van der Waals surface area (Å²) in [5.41, 5.74) is 4.33. The van der Waals surface area contributed by atoms with E-state index in [-0.39, 0.29) is 0 Å². The molecule has 0 atom stereocenters. The number of nitrogens with one attached hydrogen (secondary N) is 2. The molecule has 0 fully saturated rings. The molecule has 0 spiro atoms. The SMILES string of the molecule is CCN(CC)CCNc1ccc(-c2noc(Cc3c[nH]c4ccccc34)n2)cc1. The fraction of sp³-hybridized carbons (Fsp3) is 0.304. The molecule has 0 saturated heterocycles. The Hall–Kier alpha value is -3.12. The van der Waals surface area contributed by atoms with Gasteiger partial charge in [-0.3, -0.25) is 0 Å². The molecule has 2 N–H and O–H groups in total. The molecule has 2 aromatic carbocycles. The number of aromatic amines is 1. The number of hydrogen-bond donors (Lipinski definition) is 2. The van der Waals surface area contributed by atoms with Gasteiger partial charge in [-0.25, -0.2) is 0 Å². The van der Waals surface area contributed by atoms with Gasteiger partial charge in [0.25, 0.3) is 0 Å². The number of anilines is 1. The molecule has 2 aromatic heterocycles. The van der Waals surface area contributed by atoms with E-state index < -0.39 is 0 Å². The van der Waals surface area contributed by atoms with Crippen molar-refractivity contribution in [1.82, 2.24) is 20.0 Å².